The number of ether oxygens (including phenoxy) is 1. The standard InChI is InChI=1S/C14H29N3O/c1-16(2)13-6-3-7-17(10-13)14(9-15)12-5-4-8-18-11-12/h12-14H,3-11,15H2,1-2H3. The molecule has 4 nitrogen and oxygen atoms in total. The minimum atomic E-state index is 0.521. The monoisotopic (exact) mass is 255 g/mol. The third kappa shape index (κ3) is 3.44. The number of likely N-dealkylation sites (tertiary alicyclic amines) is 1. The van der Waals surface area contributed by atoms with E-state index in [0.717, 1.165) is 19.8 Å². The molecule has 2 rings (SSSR count). The van der Waals surface area contributed by atoms with Gasteiger partial charge in [-0.05, 0) is 52.2 Å². The van der Waals surface area contributed by atoms with Gasteiger partial charge in [0, 0.05) is 31.8 Å². The van der Waals surface area contributed by atoms with Gasteiger partial charge in [-0.3, -0.25) is 4.90 Å². The van der Waals surface area contributed by atoms with Crippen molar-refractivity contribution in [3.63, 3.8) is 0 Å². The molecule has 0 amide bonds. The predicted molar refractivity (Wildman–Crippen MR) is 74.7 cm³/mol. The number of likely N-dealkylation sites (N-methyl/N-ethyl adjacent to an activating group) is 1. The van der Waals surface area contributed by atoms with Crippen LogP contribution in [0, 0.1) is 5.92 Å². The topological polar surface area (TPSA) is 41.7 Å². The molecule has 0 saturated carbocycles. The minimum absolute atomic E-state index is 0.521. The summed E-state index contributed by atoms with van der Waals surface area (Å²) in [7, 11) is 4.38. The average molecular weight is 255 g/mol. The predicted octanol–water partition coefficient (Wildman–Crippen LogP) is 0.766. The highest BCUT2D eigenvalue weighted by atomic mass is 16.5. The number of nitrogens with zero attached hydrogens (tertiary/aromatic N) is 2. The zero-order valence-electron chi connectivity index (χ0n) is 12.0. The van der Waals surface area contributed by atoms with Gasteiger partial charge in [0.25, 0.3) is 0 Å². The lowest BCUT2D eigenvalue weighted by Gasteiger charge is -2.43. The summed E-state index contributed by atoms with van der Waals surface area (Å²) in [6, 6.07) is 1.21. The Balaban J connectivity index is 1.93. The highest BCUT2D eigenvalue weighted by Crippen LogP contribution is 2.24. The molecule has 0 aromatic heterocycles. The molecule has 2 aliphatic heterocycles. The van der Waals surface area contributed by atoms with Crippen molar-refractivity contribution < 1.29 is 4.74 Å². The molecule has 2 fully saturated rings. The molecule has 3 unspecified atom stereocenters. The summed E-state index contributed by atoms with van der Waals surface area (Å²) in [4.78, 5) is 4.98. The van der Waals surface area contributed by atoms with Crippen molar-refractivity contribution in [3.8, 4) is 0 Å². The Morgan fingerprint density at radius 3 is 2.78 bits per heavy atom. The van der Waals surface area contributed by atoms with Crippen LogP contribution in [0.2, 0.25) is 0 Å². The van der Waals surface area contributed by atoms with E-state index in [1.165, 1.54) is 38.8 Å². The Kier molecular flexibility index (Phi) is 5.42. The van der Waals surface area contributed by atoms with E-state index < -0.39 is 0 Å². The fraction of sp³-hybridized carbons (Fsp3) is 1.00. The molecule has 0 radical (unpaired) electrons. The van der Waals surface area contributed by atoms with Gasteiger partial charge >= 0.3 is 0 Å². The molecule has 2 heterocycles. The second kappa shape index (κ2) is 6.85. The quantitative estimate of drug-likeness (QED) is 0.805. The van der Waals surface area contributed by atoms with Crippen molar-refractivity contribution in [1.29, 1.82) is 0 Å². The van der Waals surface area contributed by atoms with E-state index in [2.05, 4.69) is 23.9 Å². The summed E-state index contributed by atoms with van der Waals surface area (Å²) in [5, 5.41) is 0. The zero-order valence-corrected chi connectivity index (χ0v) is 12.0. The maximum absolute atomic E-state index is 6.05. The van der Waals surface area contributed by atoms with Crippen molar-refractivity contribution in [2.45, 2.75) is 37.8 Å². The van der Waals surface area contributed by atoms with E-state index in [9.17, 15) is 0 Å². The maximum Gasteiger partial charge on any atom is 0.0509 e. The molecule has 0 bridgehead atoms. The van der Waals surface area contributed by atoms with E-state index in [4.69, 9.17) is 10.5 Å². The molecule has 2 saturated heterocycles. The molecule has 0 spiro atoms. The average Bonchev–Trinajstić information content (AvgIpc) is 2.41. The number of hydrogen-bond donors (Lipinski definition) is 1. The van der Waals surface area contributed by atoms with Crippen LogP contribution in [-0.2, 0) is 4.74 Å². The van der Waals surface area contributed by atoms with Gasteiger partial charge in [-0.1, -0.05) is 0 Å². The molecule has 18 heavy (non-hydrogen) atoms. The van der Waals surface area contributed by atoms with Crippen molar-refractivity contribution in [3.05, 3.63) is 0 Å². The smallest absolute Gasteiger partial charge is 0.0509 e. The van der Waals surface area contributed by atoms with Gasteiger partial charge in [-0.25, -0.2) is 0 Å². The first kappa shape index (κ1) is 14.3. The Morgan fingerprint density at radius 1 is 1.33 bits per heavy atom. The first-order chi connectivity index (χ1) is 8.72. The largest absolute Gasteiger partial charge is 0.381 e. The van der Waals surface area contributed by atoms with Crippen LogP contribution in [-0.4, -0.2) is 68.8 Å². The second-order valence-corrected chi connectivity index (χ2v) is 6.03. The molecular weight excluding hydrogens is 226 g/mol. The summed E-state index contributed by atoms with van der Waals surface area (Å²) in [5.41, 5.74) is 6.05. The molecule has 3 atom stereocenters. The van der Waals surface area contributed by atoms with Crippen molar-refractivity contribution >= 4 is 0 Å². The molecule has 2 aliphatic rings. The summed E-state index contributed by atoms with van der Waals surface area (Å²) >= 11 is 0. The SMILES string of the molecule is CN(C)C1CCCN(C(CN)C2CCCOC2)C1. The van der Waals surface area contributed by atoms with Crippen LogP contribution in [0.4, 0.5) is 0 Å². The van der Waals surface area contributed by atoms with Gasteiger partial charge in [-0.15, -0.1) is 0 Å². The van der Waals surface area contributed by atoms with Gasteiger partial charge in [-0.2, -0.15) is 0 Å². The summed E-state index contributed by atoms with van der Waals surface area (Å²) in [6.45, 7) is 5.00. The lowest BCUT2D eigenvalue weighted by atomic mass is 9.90. The van der Waals surface area contributed by atoms with Crippen molar-refractivity contribution in [2.24, 2.45) is 11.7 Å². The van der Waals surface area contributed by atoms with E-state index in [1.54, 1.807) is 0 Å². The van der Waals surface area contributed by atoms with Crippen LogP contribution >= 0.6 is 0 Å². The molecule has 0 aromatic rings. The van der Waals surface area contributed by atoms with Crippen LogP contribution in [0.25, 0.3) is 0 Å². The summed E-state index contributed by atoms with van der Waals surface area (Å²) in [6.07, 6.45) is 5.10. The fourth-order valence-electron chi connectivity index (χ4n) is 3.41. The Morgan fingerprint density at radius 2 is 2.17 bits per heavy atom. The molecular formula is C14H29N3O. The second-order valence-electron chi connectivity index (χ2n) is 6.03. The molecule has 106 valence electrons. The molecule has 2 N–H and O–H groups in total. The van der Waals surface area contributed by atoms with Crippen LogP contribution in [0.5, 0.6) is 0 Å². The van der Waals surface area contributed by atoms with Crippen LogP contribution in [0.15, 0.2) is 0 Å². The Labute approximate surface area is 111 Å². The van der Waals surface area contributed by atoms with Crippen LogP contribution < -0.4 is 5.73 Å². The highest BCUT2D eigenvalue weighted by molar-refractivity contribution is 4.87. The lowest BCUT2D eigenvalue weighted by Crippen LogP contribution is -2.54. The molecule has 0 aliphatic carbocycles. The minimum Gasteiger partial charge on any atom is -0.381 e. The third-order valence-electron chi connectivity index (χ3n) is 4.61. The van der Waals surface area contributed by atoms with Gasteiger partial charge in [0.15, 0.2) is 0 Å². The fourth-order valence-corrected chi connectivity index (χ4v) is 3.41. The third-order valence-corrected chi connectivity index (χ3v) is 4.61. The molecule has 0 aromatic carbocycles. The number of piperidine rings is 1. The van der Waals surface area contributed by atoms with Gasteiger partial charge in [0.05, 0.1) is 6.61 Å². The van der Waals surface area contributed by atoms with Gasteiger partial charge < -0.3 is 15.4 Å². The van der Waals surface area contributed by atoms with E-state index in [-0.39, 0.29) is 0 Å². The number of rotatable bonds is 4. The number of nitrogens with two attached hydrogens (primary N) is 1. The Bertz CT molecular complexity index is 241. The summed E-state index contributed by atoms with van der Waals surface area (Å²) < 4.78 is 5.64. The van der Waals surface area contributed by atoms with Crippen LogP contribution in [0.1, 0.15) is 25.7 Å². The van der Waals surface area contributed by atoms with E-state index in [0.29, 0.717) is 18.0 Å². The van der Waals surface area contributed by atoms with E-state index >= 15 is 0 Å². The maximum atomic E-state index is 6.05. The van der Waals surface area contributed by atoms with Crippen LogP contribution in [0.3, 0.4) is 0 Å². The first-order valence-corrected chi connectivity index (χ1v) is 7.40. The number of hydrogen-bond acceptors (Lipinski definition) is 4. The van der Waals surface area contributed by atoms with Gasteiger partial charge in [0.1, 0.15) is 0 Å². The van der Waals surface area contributed by atoms with E-state index in [1.807, 2.05) is 0 Å². The van der Waals surface area contributed by atoms with Gasteiger partial charge in [0.2, 0.25) is 0 Å². The zero-order chi connectivity index (χ0) is 13.0. The lowest BCUT2D eigenvalue weighted by molar-refractivity contribution is -0.00312. The highest BCUT2D eigenvalue weighted by Gasteiger charge is 2.32. The normalized spacial score (nSPS) is 32.7. The molecule has 4 heteroatoms. The first-order valence-electron chi connectivity index (χ1n) is 7.40. The Hall–Kier alpha value is -0.160. The van der Waals surface area contributed by atoms with Crippen molar-refractivity contribution in [2.75, 3.05) is 46.9 Å². The summed E-state index contributed by atoms with van der Waals surface area (Å²) in [5.74, 6) is 0.643. The van der Waals surface area contributed by atoms with Crippen molar-refractivity contribution in [1.82, 2.24) is 9.80 Å².